The van der Waals surface area contributed by atoms with Crippen molar-refractivity contribution >= 4 is 68.8 Å². The normalized spacial score (nSPS) is 18.0. The Morgan fingerprint density at radius 3 is 1.57 bits per heavy atom. The molecule has 2 aliphatic heterocycles. The van der Waals surface area contributed by atoms with E-state index in [1.54, 1.807) is 22.7 Å². The number of ether oxygens (including phenoxy) is 2. The molecule has 2 saturated carbocycles. The van der Waals surface area contributed by atoms with E-state index in [9.17, 15) is 25.4 Å². The molecule has 58 heavy (non-hydrogen) atoms. The van der Waals surface area contributed by atoms with E-state index in [-0.39, 0.29) is 22.4 Å². The molecule has 2 fully saturated rings. The monoisotopic (exact) mass is 840 g/mol. The molecule has 0 saturated heterocycles. The Kier molecular flexibility index (Phi) is 9.66. The van der Waals surface area contributed by atoms with Crippen molar-refractivity contribution in [2.24, 2.45) is 0 Å². The van der Waals surface area contributed by atoms with Crippen LogP contribution in [0.1, 0.15) is 98.9 Å². The quantitative estimate of drug-likeness (QED) is 0.176. The highest BCUT2D eigenvalue weighted by Crippen LogP contribution is 2.60. The van der Waals surface area contributed by atoms with Gasteiger partial charge in [0.15, 0.2) is 5.57 Å². The zero-order valence-electron chi connectivity index (χ0n) is 31.9. The first-order chi connectivity index (χ1) is 28.2. The average Bonchev–Trinajstić information content (AvgIpc) is 4.01. The van der Waals surface area contributed by atoms with Crippen molar-refractivity contribution in [3.63, 3.8) is 0 Å². The molecule has 6 heterocycles. The van der Waals surface area contributed by atoms with E-state index in [1.807, 2.05) is 44.2 Å². The number of benzene rings is 1. The number of hydrogen-bond donors (Lipinski definition) is 0. The SMILES string of the molecule is [C-]#[N+]/C(C#N)=c1/s/c(=C/c2cc3c(s2)-c2cc4c(cc2OC32CCCCC2)-c2sc(/C=c3/sc(=C(C#N)C#N)n(CC)c3=O)cc2C2(CCCCC2)O4)c(=O)n1CC. The van der Waals surface area contributed by atoms with E-state index < -0.39 is 11.2 Å². The zero-order valence-corrected chi connectivity index (χ0v) is 35.2. The third-order valence-corrected chi connectivity index (χ3v) is 16.3. The Morgan fingerprint density at radius 2 is 1.16 bits per heavy atom. The van der Waals surface area contributed by atoms with Crippen LogP contribution in [0.2, 0.25) is 0 Å². The molecule has 0 atom stereocenters. The van der Waals surface area contributed by atoms with Crippen LogP contribution in [-0.2, 0) is 24.3 Å². The fourth-order valence-electron chi connectivity index (χ4n) is 9.12. The van der Waals surface area contributed by atoms with Gasteiger partial charge in [0.2, 0.25) is 0 Å². The van der Waals surface area contributed by atoms with E-state index in [1.165, 1.54) is 31.8 Å². The zero-order chi connectivity index (χ0) is 40.3. The number of hydrogen-bond acceptors (Lipinski definition) is 11. The minimum Gasteiger partial charge on any atom is -0.482 e. The Labute approximate surface area is 349 Å². The lowest BCUT2D eigenvalue weighted by Crippen LogP contribution is -2.38. The molecular weight excluding hydrogens is 805 g/mol. The first-order valence-corrected chi connectivity index (χ1v) is 22.8. The summed E-state index contributed by atoms with van der Waals surface area (Å²) in [5.41, 5.74) is 2.59. The second kappa shape index (κ2) is 14.7. The molecule has 1 aromatic carbocycles. The van der Waals surface area contributed by atoms with Gasteiger partial charge in [-0.1, -0.05) is 12.8 Å². The summed E-state index contributed by atoms with van der Waals surface area (Å²) in [6, 6.07) is 14.5. The molecule has 14 heteroatoms. The van der Waals surface area contributed by atoms with Crippen molar-refractivity contribution in [3.8, 4) is 50.6 Å². The third-order valence-electron chi connectivity index (χ3n) is 11.8. The van der Waals surface area contributed by atoms with Crippen molar-refractivity contribution < 1.29 is 9.47 Å². The van der Waals surface area contributed by atoms with E-state index in [0.717, 1.165) is 117 Å². The fraction of sp³-hybridized carbons (Fsp3) is 0.364. The third kappa shape index (κ3) is 5.93. The van der Waals surface area contributed by atoms with Crippen LogP contribution in [-0.4, -0.2) is 9.13 Å². The molecule has 0 radical (unpaired) electrons. The van der Waals surface area contributed by atoms with Crippen LogP contribution in [0.3, 0.4) is 0 Å². The van der Waals surface area contributed by atoms with Crippen LogP contribution in [0, 0.1) is 40.6 Å². The lowest BCUT2D eigenvalue weighted by molar-refractivity contribution is 0.0203. The van der Waals surface area contributed by atoms with Crippen LogP contribution in [0.4, 0.5) is 0 Å². The predicted octanol–water partition coefficient (Wildman–Crippen LogP) is 7.14. The summed E-state index contributed by atoms with van der Waals surface area (Å²) in [5.74, 6) is 1.60. The molecule has 4 aromatic heterocycles. The number of nitriles is 3. The summed E-state index contributed by atoms with van der Waals surface area (Å²) in [7, 11) is 0. The van der Waals surface area contributed by atoms with Gasteiger partial charge in [0, 0.05) is 54.9 Å². The molecule has 5 aromatic rings. The molecule has 0 amide bonds. The lowest BCUT2D eigenvalue weighted by atomic mass is 9.76. The van der Waals surface area contributed by atoms with Crippen LogP contribution < -0.4 is 39.0 Å². The first-order valence-electron chi connectivity index (χ1n) is 19.5. The van der Waals surface area contributed by atoms with Gasteiger partial charge in [0.1, 0.15) is 44.2 Å². The van der Waals surface area contributed by atoms with Crippen LogP contribution in [0.5, 0.6) is 11.5 Å². The molecule has 4 aliphatic rings. The number of nitrogens with zero attached hydrogens (tertiary/aromatic N) is 6. The summed E-state index contributed by atoms with van der Waals surface area (Å²) in [6.07, 6.45) is 13.7. The van der Waals surface area contributed by atoms with Crippen molar-refractivity contribution in [1.82, 2.24) is 9.13 Å². The highest BCUT2D eigenvalue weighted by Gasteiger charge is 2.47. The van der Waals surface area contributed by atoms with Gasteiger partial charge < -0.3 is 14.0 Å². The van der Waals surface area contributed by atoms with Gasteiger partial charge >= 0.3 is 0 Å². The van der Waals surface area contributed by atoms with E-state index >= 15 is 0 Å². The number of thiophene rings is 2. The van der Waals surface area contributed by atoms with Gasteiger partial charge in [-0.3, -0.25) is 14.2 Å². The van der Waals surface area contributed by atoms with Crippen molar-refractivity contribution in [3.05, 3.63) is 95.7 Å². The topological polar surface area (TPSA) is 138 Å². The Hall–Kier alpha value is -5.48. The Bertz CT molecular complexity index is 2870. The maximum atomic E-state index is 13.5. The summed E-state index contributed by atoms with van der Waals surface area (Å²) >= 11 is 5.63. The van der Waals surface area contributed by atoms with E-state index in [0.29, 0.717) is 31.5 Å². The summed E-state index contributed by atoms with van der Waals surface area (Å²) < 4.78 is 19.1. The maximum absolute atomic E-state index is 13.5. The summed E-state index contributed by atoms with van der Waals surface area (Å²) in [5, 5.41) is 28.8. The number of rotatable bonds is 4. The van der Waals surface area contributed by atoms with Crippen molar-refractivity contribution in [2.75, 3.05) is 0 Å². The van der Waals surface area contributed by atoms with Crippen LogP contribution in [0.25, 0.3) is 49.1 Å². The highest BCUT2D eigenvalue weighted by molar-refractivity contribution is 7.17. The van der Waals surface area contributed by atoms with Crippen LogP contribution >= 0.6 is 45.3 Å². The summed E-state index contributed by atoms with van der Waals surface area (Å²) in [6.45, 7) is 11.9. The van der Waals surface area contributed by atoms with Gasteiger partial charge in [-0.25, -0.2) is 10.1 Å². The van der Waals surface area contributed by atoms with Gasteiger partial charge in [-0.2, -0.15) is 10.5 Å². The minimum atomic E-state index is -0.512. The number of thiazole rings is 2. The smallest absolute Gasteiger partial charge is 0.294 e. The lowest BCUT2D eigenvalue weighted by Gasteiger charge is -2.44. The van der Waals surface area contributed by atoms with Crippen molar-refractivity contribution in [2.45, 2.75) is 102 Å². The average molecular weight is 841 g/mol. The minimum absolute atomic E-state index is 0.0677. The fourth-order valence-corrected chi connectivity index (χ4v) is 13.9. The van der Waals surface area contributed by atoms with E-state index in [4.69, 9.17) is 16.0 Å². The Morgan fingerprint density at radius 1 is 0.707 bits per heavy atom. The molecular formula is C44H36N6O4S4. The Balaban J connectivity index is 1.22. The molecule has 2 spiro atoms. The second-order valence-electron chi connectivity index (χ2n) is 15.0. The molecule has 2 aliphatic carbocycles. The highest BCUT2D eigenvalue weighted by atomic mass is 32.1. The van der Waals surface area contributed by atoms with Crippen molar-refractivity contribution in [1.29, 1.82) is 15.8 Å². The van der Waals surface area contributed by atoms with Crippen LogP contribution in [0.15, 0.2) is 33.9 Å². The number of aromatic nitrogens is 2. The van der Waals surface area contributed by atoms with E-state index in [2.05, 4.69) is 29.1 Å². The maximum Gasteiger partial charge on any atom is 0.294 e. The first kappa shape index (κ1) is 38.1. The molecule has 9 rings (SSSR count). The largest absolute Gasteiger partial charge is 0.482 e. The molecule has 0 bridgehead atoms. The molecule has 0 unspecified atom stereocenters. The second-order valence-corrected chi connectivity index (χ2v) is 19.3. The number of fused-ring (bicyclic) bond motifs is 8. The standard InChI is InChI=1S/C44H36N6O4S4/c1-4-49-39(51)35(57-41(49)25(22-45)23-46)18-26-16-30-37(55-26)28-20-34-29(21-33(28)53-43(30)12-8-6-9-13-43)38-31(44(54-34)14-10-7-11-15-44)17-27(56-38)19-36-40(52)50(5-2)42(58-36)32(24-47)48-3/h16-21H,4-15H2,1-2H3/b35-18+,36-19+,42-32+. The summed E-state index contributed by atoms with van der Waals surface area (Å²) in [4.78, 5) is 34.5. The molecule has 10 nitrogen and oxygen atoms in total. The predicted molar refractivity (Wildman–Crippen MR) is 228 cm³/mol. The van der Waals surface area contributed by atoms with Gasteiger partial charge in [0.05, 0.1) is 21.7 Å². The molecule has 0 N–H and O–H groups in total. The van der Waals surface area contributed by atoms with Gasteiger partial charge in [-0.05, 0) is 102 Å². The van der Waals surface area contributed by atoms with Gasteiger partial charge in [0.25, 0.3) is 16.8 Å². The molecule has 290 valence electrons. The van der Waals surface area contributed by atoms with Gasteiger partial charge in [-0.15, -0.1) is 45.3 Å².